The Morgan fingerprint density at radius 3 is 2.46 bits per heavy atom. The second kappa shape index (κ2) is 7.92. The van der Waals surface area contributed by atoms with Crippen LogP contribution in [0.2, 0.25) is 0 Å². The minimum absolute atomic E-state index is 0.0910. The summed E-state index contributed by atoms with van der Waals surface area (Å²) in [5.74, 6) is -0.598. The molecule has 2 amide bonds. The van der Waals surface area contributed by atoms with Crippen LogP contribution in [0.1, 0.15) is 34.6 Å². The average Bonchev–Trinajstić information content (AvgIpc) is 2.55. The van der Waals surface area contributed by atoms with Crippen molar-refractivity contribution < 1.29 is 19.1 Å². The van der Waals surface area contributed by atoms with Gasteiger partial charge < -0.3 is 15.4 Å². The predicted octanol–water partition coefficient (Wildman–Crippen LogP) is 3.71. The Bertz CT molecular complexity index is 771. The Morgan fingerprint density at radius 1 is 1.00 bits per heavy atom. The summed E-state index contributed by atoms with van der Waals surface area (Å²) in [7, 11) is 0. The first kappa shape index (κ1) is 17.2. The van der Waals surface area contributed by atoms with Crippen LogP contribution < -0.4 is 10.6 Å². The normalized spacial score (nSPS) is 9.92. The zero-order valence-corrected chi connectivity index (χ0v) is 13.5. The molecule has 6 heteroatoms. The topological polar surface area (TPSA) is 84.5 Å². The van der Waals surface area contributed by atoms with Crippen molar-refractivity contribution >= 4 is 29.2 Å². The molecule has 0 fully saturated rings. The Morgan fingerprint density at radius 2 is 1.75 bits per heavy atom. The zero-order chi connectivity index (χ0) is 17.5. The number of Topliss-reactive ketones (excluding diaryl/α,β-unsaturated/α-hetero) is 1. The van der Waals surface area contributed by atoms with Gasteiger partial charge in [0.05, 0.1) is 17.9 Å². The third kappa shape index (κ3) is 4.42. The van der Waals surface area contributed by atoms with Crippen molar-refractivity contribution in [2.75, 3.05) is 17.2 Å². The fraction of sp³-hybridized carbons (Fsp3) is 0.167. The highest BCUT2D eigenvalue weighted by atomic mass is 16.5. The highest BCUT2D eigenvalue weighted by Gasteiger charge is 2.14. The van der Waals surface area contributed by atoms with Crippen molar-refractivity contribution in [3.63, 3.8) is 0 Å². The Labute approximate surface area is 139 Å². The summed E-state index contributed by atoms with van der Waals surface area (Å²) in [6.45, 7) is 3.41. The fourth-order valence-corrected chi connectivity index (χ4v) is 2.08. The molecule has 0 saturated heterocycles. The van der Waals surface area contributed by atoms with Crippen LogP contribution in [0.25, 0.3) is 0 Å². The first-order chi connectivity index (χ1) is 11.5. The molecule has 0 spiro atoms. The number of amides is 2. The summed E-state index contributed by atoms with van der Waals surface area (Å²) < 4.78 is 4.96. The SMILES string of the molecule is CCOC(=O)c1ccccc1NC(=O)Nc1cccc(C(C)=O)c1. The molecule has 6 nitrogen and oxygen atoms in total. The largest absolute Gasteiger partial charge is 0.462 e. The van der Waals surface area contributed by atoms with Gasteiger partial charge in [0, 0.05) is 11.3 Å². The second-order valence-corrected chi connectivity index (χ2v) is 4.98. The second-order valence-electron chi connectivity index (χ2n) is 4.98. The standard InChI is InChI=1S/C18H18N2O4/c1-3-24-17(22)15-9-4-5-10-16(15)20-18(23)19-14-8-6-7-13(11-14)12(2)21/h4-11H,3H2,1-2H3,(H2,19,20,23). The van der Waals surface area contributed by atoms with E-state index in [0.29, 0.717) is 16.9 Å². The number of carbonyl (C=O) groups excluding carboxylic acids is 3. The summed E-state index contributed by atoms with van der Waals surface area (Å²) in [5.41, 5.74) is 1.59. The van der Waals surface area contributed by atoms with Gasteiger partial charge in [-0.05, 0) is 38.1 Å². The van der Waals surface area contributed by atoms with E-state index in [-0.39, 0.29) is 18.0 Å². The van der Waals surface area contributed by atoms with Gasteiger partial charge >= 0.3 is 12.0 Å². The van der Waals surface area contributed by atoms with Gasteiger partial charge in [0.2, 0.25) is 0 Å². The predicted molar refractivity (Wildman–Crippen MR) is 91.5 cm³/mol. The molecule has 0 bridgehead atoms. The number of hydrogen-bond acceptors (Lipinski definition) is 4. The van der Waals surface area contributed by atoms with Crippen LogP contribution in [0.3, 0.4) is 0 Å². The van der Waals surface area contributed by atoms with Crippen LogP contribution in [0.15, 0.2) is 48.5 Å². The van der Waals surface area contributed by atoms with Crippen LogP contribution in [-0.4, -0.2) is 24.4 Å². The highest BCUT2D eigenvalue weighted by Crippen LogP contribution is 2.17. The molecule has 0 radical (unpaired) electrons. The van der Waals surface area contributed by atoms with Gasteiger partial charge in [-0.2, -0.15) is 0 Å². The molecule has 0 aliphatic rings. The Balaban J connectivity index is 2.12. The summed E-state index contributed by atoms with van der Waals surface area (Å²) in [6, 6.07) is 12.7. The van der Waals surface area contributed by atoms with Crippen LogP contribution in [-0.2, 0) is 4.74 Å². The Kier molecular flexibility index (Phi) is 5.68. The van der Waals surface area contributed by atoms with Gasteiger partial charge in [0.1, 0.15) is 0 Å². The molecule has 0 aliphatic carbocycles. The van der Waals surface area contributed by atoms with Gasteiger partial charge in [-0.3, -0.25) is 4.79 Å². The summed E-state index contributed by atoms with van der Waals surface area (Å²) in [5, 5.41) is 5.24. The van der Waals surface area contributed by atoms with E-state index in [0.717, 1.165) is 0 Å². The molecule has 0 aromatic heterocycles. The van der Waals surface area contributed by atoms with E-state index >= 15 is 0 Å². The summed E-state index contributed by atoms with van der Waals surface area (Å²) in [4.78, 5) is 35.4. The monoisotopic (exact) mass is 326 g/mol. The molecular weight excluding hydrogens is 308 g/mol. The maximum Gasteiger partial charge on any atom is 0.340 e. The lowest BCUT2D eigenvalue weighted by atomic mass is 10.1. The highest BCUT2D eigenvalue weighted by molar-refractivity contribution is 6.05. The summed E-state index contributed by atoms with van der Waals surface area (Å²) >= 11 is 0. The smallest absolute Gasteiger partial charge is 0.340 e. The first-order valence-electron chi connectivity index (χ1n) is 7.46. The van der Waals surface area contributed by atoms with Crippen molar-refractivity contribution in [1.82, 2.24) is 0 Å². The quantitative estimate of drug-likeness (QED) is 0.648. The Hall–Kier alpha value is -3.15. The molecular formula is C18H18N2O4. The number of esters is 1. The van der Waals surface area contributed by atoms with E-state index in [9.17, 15) is 14.4 Å². The number of nitrogens with one attached hydrogen (secondary N) is 2. The third-order valence-corrected chi connectivity index (χ3v) is 3.20. The lowest BCUT2D eigenvalue weighted by Gasteiger charge is -2.11. The molecule has 2 N–H and O–H groups in total. The number of carbonyl (C=O) groups is 3. The molecule has 0 aliphatic heterocycles. The lowest BCUT2D eigenvalue weighted by Crippen LogP contribution is -2.21. The van der Waals surface area contributed by atoms with Crippen LogP contribution in [0.5, 0.6) is 0 Å². The minimum Gasteiger partial charge on any atom is -0.462 e. The maximum atomic E-state index is 12.1. The minimum atomic E-state index is -0.521. The van der Waals surface area contributed by atoms with Gasteiger partial charge in [0.25, 0.3) is 0 Å². The number of ketones is 1. The molecule has 2 rings (SSSR count). The molecule has 0 unspecified atom stereocenters. The summed E-state index contributed by atoms with van der Waals surface area (Å²) in [6.07, 6.45) is 0. The van der Waals surface area contributed by atoms with Crippen LogP contribution in [0.4, 0.5) is 16.2 Å². The number of urea groups is 1. The van der Waals surface area contributed by atoms with E-state index < -0.39 is 12.0 Å². The van der Waals surface area contributed by atoms with E-state index in [1.165, 1.54) is 6.92 Å². The molecule has 124 valence electrons. The van der Waals surface area contributed by atoms with Gasteiger partial charge in [-0.15, -0.1) is 0 Å². The maximum absolute atomic E-state index is 12.1. The third-order valence-electron chi connectivity index (χ3n) is 3.20. The van der Waals surface area contributed by atoms with Crippen molar-refractivity contribution in [3.05, 3.63) is 59.7 Å². The molecule has 2 aromatic rings. The molecule has 0 saturated carbocycles. The van der Waals surface area contributed by atoms with Crippen molar-refractivity contribution in [2.24, 2.45) is 0 Å². The van der Waals surface area contributed by atoms with Gasteiger partial charge in [0.15, 0.2) is 5.78 Å². The molecule has 24 heavy (non-hydrogen) atoms. The first-order valence-corrected chi connectivity index (χ1v) is 7.46. The number of hydrogen-bond donors (Lipinski definition) is 2. The van der Waals surface area contributed by atoms with Gasteiger partial charge in [-0.1, -0.05) is 24.3 Å². The number of ether oxygens (including phenoxy) is 1. The number of para-hydroxylation sites is 1. The van der Waals surface area contributed by atoms with Gasteiger partial charge in [-0.25, -0.2) is 9.59 Å². The number of benzene rings is 2. The number of rotatable bonds is 5. The van der Waals surface area contributed by atoms with Crippen molar-refractivity contribution in [1.29, 1.82) is 0 Å². The lowest BCUT2D eigenvalue weighted by molar-refractivity contribution is 0.0527. The number of anilines is 2. The van der Waals surface area contributed by atoms with E-state index in [1.807, 2.05) is 0 Å². The average molecular weight is 326 g/mol. The van der Waals surface area contributed by atoms with Crippen LogP contribution in [0, 0.1) is 0 Å². The molecule has 0 heterocycles. The van der Waals surface area contributed by atoms with Crippen LogP contribution >= 0.6 is 0 Å². The van der Waals surface area contributed by atoms with E-state index in [1.54, 1.807) is 55.5 Å². The van der Waals surface area contributed by atoms with E-state index in [4.69, 9.17) is 4.74 Å². The van der Waals surface area contributed by atoms with E-state index in [2.05, 4.69) is 10.6 Å². The molecule has 2 aromatic carbocycles. The zero-order valence-electron chi connectivity index (χ0n) is 13.5. The van der Waals surface area contributed by atoms with Crippen molar-refractivity contribution in [2.45, 2.75) is 13.8 Å². The van der Waals surface area contributed by atoms with Crippen molar-refractivity contribution in [3.8, 4) is 0 Å². The molecule has 0 atom stereocenters. The fourth-order valence-electron chi connectivity index (χ4n) is 2.08.